The van der Waals surface area contributed by atoms with Crippen molar-refractivity contribution in [2.24, 2.45) is 0 Å². The van der Waals surface area contributed by atoms with Crippen LogP contribution in [0.1, 0.15) is 10.7 Å². The van der Waals surface area contributed by atoms with Gasteiger partial charge < -0.3 is 4.98 Å². The van der Waals surface area contributed by atoms with Gasteiger partial charge in [0.25, 0.3) is 5.56 Å². The van der Waals surface area contributed by atoms with Crippen LogP contribution in [0.2, 0.25) is 0 Å². The number of aromatic nitrogens is 3. The van der Waals surface area contributed by atoms with Gasteiger partial charge in [0.2, 0.25) is 0 Å². The average molecular weight is 239 g/mol. The van der Waals surface area contributed by atoms with Crippen LogP contribution < -0.4 is 5.56 Å². The van der Waals surface area contributed by atoms with E-state index in [9.17, 15) is 4.79 Å². The number of thiazole rings is 1. The first kappa shape index (κ1) is 10.3. The Kier molecular flexibility index (Phi) is 2.54. The van der Waals surface area contributed by atoms with Crippen molar-refractivity contribution in [3.8, 4) is 10.6 Å². The van der Waals surface area contributed by atoms with Gasteiger partial charge in [0, 0.05) is 6.07 Å². The third-order valence-corrected chi connectivity index (χ3v) is 3.22. The first-order valence-electron chi connectivity index (χ1n) is 4.34. The Balaban J connectivity index is 2.68. The second-order valence-electron chi connectivity index (χ2n) is 3.15. The maximum Gasteiger partial charge on any atom is 0.252 e. The number of H-pyrrole nitrogens is 2. The van der Waals surface area contributed by atoms with E-state index in [0.29, 0.717) is 4.77 Å². The highest BCUT2D eigenvalue weighted by Gasteiger charge is 2.08. The van der Waals surface area contributed by atoms with Crippen molar-refractivity contribution in [3.63, 3.8) is 0 Å². The molecule has 6 heteroatoms. The van der Waals surface area contributed by atoms with Crippen molar-refractivity contribution in [2.45, 2.75) is 13.8 Å². The molecule has 2 aromatic heterocycles. The summed E-state index contributed by atoms with van der Waals surface area (Å²) >= 11 is 6.45. The Bertz CT molecular complexity index is 580. The summed E-state index contributed by atoms with van der Waals surface area (Å²) < 4.78 is 0.336. The molecule has 78 valence electrons. The summed E-state index contributed by atoms with van der Waals surface area (Å²) in [5, 5.41) is 0.974. The second-order valence-corrected chi connectivity index (χ2v) is 4.76. The molecule has 0 aliphatic carbocycles. The molecule has 2 rings (SSSR count). The zero-order chi connectivity index (χ0) is 11.0. The molecule has 2 aromatic rings. The largest absolute Gasteiger partial charge is 0.331 e. The van der Waals surface area contributed by atoms with Gasteiger partial charge in [-0.1, -0.05) is 0 Å². The molecule has 15 heavy (non-hydrogen) atoms. The van der Waals surface area contributed by atoms with E-state index in [2.05, 4.69) is 15.0 Å². The van der Waals surface area contributed by atoms with Gasteiger partial charge in [-0.05, 0) is 26.1 Å². The molecule has 0 fully saturated rings. The highest BCUT2D eigenvalue weighted by atomic mass is 32.1. The molecule has 0 saturated carbocycles. The van der Waals surface area contributed by atoms with Crippen molar-refractivity contribution in [2.75, 3.05) is 0 Å². The summed E-state index contributed by atoms with van der Waals surface area (Å²) in [6.45, 7) is 3.85. The Hall–Kier alpha value is -1.27. The van der Waals surface area contributed by atoms with E-state index < -0.39 is 0 Å². The molecule has 0 radical (unpaired) electrons. The Morgan fingerprint density at radius 1 is 1.40 bits per heavy atom. The number of hydrogen-bond acceptors (Lipinski definition) is 4. The lowest BCUT2D eigenvalue weighted by Gasteiger charge is -1.97. The second kappa shape index (κ2) is 3.71. The van der Waals surface area contributed by atoms with Gasteiger partial charge in [0.05, 0.1) is 21.3 Å². The van der Waals surface area contributed by atoms with Crippen LogP contribution in [0.4, 0.5) is 0 Å². The molecule has 0 aromatic carbocycles. The minimum absolute atomic E-state index is 0.195. The molecule has 0 saturated heterocycles. The Morgan fingerprint density at radius 2 is 2.13 bits per heavy atom. The van der Waals surface area contributed by atoms with Gasteiger partial charge in [-0.25, -0.2) is 4.98 Å². The Labute approximate surface area is 95.0 Å². The molecule has 4 nitrogen and oxygen atoms in total. The van der Waals surface area contributed by atoms with E-state index >= 15 is 0 Å². The lowest BCUT2D eigenvalue weighted by molar-refractivity contribution is 1.09. The van der Waals surface area contributed by atoms with Gasteiger partial charge in [0.15, 0.2) is 4.77 Å². The van der Waals surface area contributed by atoms with Crippen LogP contribution in [0, 0.1) is 18.6 Å². The summed E-state index contributed by atoms with van der Waals surface area (Å²) in [7, 11) is 0. The van der Waals surface area contributed by atoms with Crippen LogP contribution in [0.15, 0.2) is 10.9 Å². The molecule has 0 amide bonds. The fourth-order valence-corrected chi connectivity index (χ4v) is 2.47. The van der Waals surface area contributed by atoms with E-state index in [1.54, 1.807) is 11.3 Å². The van der Waals surface area contributed by atoms with Gasteiger partial charge in [0.1, 0.15) is 0 Å². The predicted octanol–water partition coefficient (Wildman–Crippen LogP) is 2.17. The summed E-state index contributed by atoms with van der Waals surface area (Å²) in [6, 6.07) is 1.50. The third-order valence-electron chi connectivity index (χ3n) is 1.91. The van der Waals surface area contributed by atoms with Gasteiger partial charge >= 0.3 is 0 Å². The maximum absolute atomic E-state index is 11.2. The highest BCUT2D eigenvalue weighted by Crippen LogP contribution is 2.26. The van der Waals surface area contributed by atoms with Crippen molar-refractivity contribution in [1.82, 2.24) is 15.0 Å². The van der Waals surface area contributed by atoms with E-state index in [1.807, 2.05) is 13.8 Å². The van der Waals surface area contributed by atoms with Crippen LogP contribution in [-0.4, -0.2) is 15.0 Å². The fourth-order valence-electron chi connectivity index (χ4n) is 1.37. The monoisotopic (exact) mass is 239 g/mol. The van der Waals surface area contributed by atoms with Crippen LogP contribution in [0.3, 0.4) is 0 Å². The van der Waals surface area contributed by atoms with Crippen LogP contribution in [0.25, 0.3) is 10.6 Å². The van der Waals surface area contributed by atoms with Gasteiger partial charge in [-0.15, -0.1) is 11.3 Å². The highest BCUT2D eigenvalue weighted by molar-refractivity contribution is 7.71. The number of hydrogen-bond donors (Lipinski definition) is 2. The molecular weight excluding hydrogens is 230 g/mol. The van der Waals surface area contributed by atoms with E-state index in [1.165, 1.54) is 6.07 Å². The van der Waals surface area contributed by atoms with E-state index in [-0.39, 0.29) is 5.56 Å². The van der Waals surface area contributed by atoms with Crippen LogP contribution in [-0.2, 0) is 0 Å². The third kappa shape index (κ3) is 2.05. The SMILES string of the molecule is Cc1nc(C)c(-c2cc(=O)[nH]c(=S)[nH]2)s1. The molecule has 0 spiro atoms. The number of rotatable bonds is 1. The minimum atomic E-state index is -0.195. The predicted molar refractivity (Wildman–Crippen MR) is 62.8 cm³/mol. The molecule has 0 unspecified atom stereocenters. The Morgan fingerprint density at radius 3 is 2.67 bits per heavy atom. The molecule has 0 aliphatic rings. The van der Waals surface area contributed by atoms with E-state index in [0.717, 1.165) is 21.3 Å². The number of aromatic amines is 2. The average Bonchev–Trinajstić information content (AvgIpc) is 2.43. The van der Waals surface area contributed by atoms with Crippen LogP contribution in [0.5, 0.6) is 0 Å². The standard InChI is InChI=1S/C9H9N3OS2/c1-4-8(15-5(2)10-4)6-3-7(13)12-9(14)11-6/h3H,1-2H3,(H2,11,12,13,14). The summed E-state index contributed by atoms with van der Waals surface area (Å²) in [5.74, 6) is 0. The normalized spacial score (nSPS) is 10.5. The fraction of sp³-hybridized carbons (Fsp3) is 0.222. The van der Waals surface area contributed by atoms with Crippen molar-refractivity contribution >= 4 is 23.6 Å². The summed E-state index contributed by atoms with van der Waals surface area (Å²) in [4.78, 5) is 21.9. The van der Waals surface area contributed by atoms with Gasteiger partial charge in [-0.2, -0.15) is 0 Å². The number of aryl methyl sites for hydroxylation is 2. The van der Waals surface area contributed by atoms with Crippen molar-refractivity contribution in [3.05, 3.63) is 31.9 Å². The lowest BCUT2D eigenvalue weighted by Crippen LogP contribution is -2.06. The molecule has 2 N–H and O–H groups in total. The quantitative estimate of drug-likeness (QED) is 0.750. The molecule has 0 atom stereocenters. The zero-order valence-corrected chi connectivity index (χ0v) is 9.88. The first-order valence-corrected chi connectivity index (χ1v) is 5.57. The molecule has 0 aliphatic heterocycles. The first-order chi connectivity index (χ1) is 7.06. The molecule has 0 bridgehead atoms. The van der Waals surface area contributed by atoms with Crippen molar-refractivity contribution in [1.29, 1.82) is 0 Å². The van der Waals surface area contributed by atoms with Gasteiger partial charge in [-0.3, -0.25) is 9.78 Å². The van der Waals surface area contributed by atoms with Crippen LogP contribution >= 0.6 is 23.6 Å². The van der Waals surface area contributed by atoms with E-state index in [4.69, 9.17) is 12.2 Å². The number of nitrogens with zero attached hydrogens (tertiary/aromatic N) is 1. The molecule has 2 heterocycles. The number of nitrogens with one attached hydrogen (secondary N) is 2. The van der Waals surface area contributed by atoms with Crippen molar-refractivity contribution < 1.29 is 0 Å². The summed E-state index contributed by atoms with van der Waals surface area (Å²) in [5.41, 5.74) is 1.44. The zero-order valence-electron chi connectivity index (χ0n) is 8.25. The topological polar surface area (TPSA) is 61.5 Å². The maximum atomic E-state index is 11.2. The minimum Gasteiger partial charge on any atom is -0.331 e. The summed E-state index contributed by atoms with van der Waals surface area (Å²) in [6.07, 6.45) is 0. The molecular formula is C9H9N3OS2. The smallest absolute Gasteiger partial charge is 0.252 e. The lowest BCUT2D eigenvalue weighted by atomic mass is 10.3.